The third-order valence-corrected chi connectivity index (χ3v) is 6.66. The molecule has 2 unspecified atom stereocenters. The Morgan fingerprint density at radius 3 is 2.50 bits per heavy atom. The fourth-order valence-electron chi connectivity index (χ4n) is 3.16. The molecule has 0 aromatic heterocycles. The van der Waals surface area contributed by atoms with Crippen LogP contribution in [0.5, 0.6) is 0 Å². The molecule has 1 amide bonds. The van der Waals surface area contributed by atoms with Crippen LogP contribution in [0.3, 0.4) is 0 Å². The van der Waals surface area contributed by atoms with E-state index in [0.29, 0.717) is 30.0 Å². The van der Waals surface area contributed by atoms with Crippen molar-refractivity contribution in [3.05, 3.63) is 23.8 Å². The van der Waals surface area contributed by atoms with Crippen molar-refractivity contribution in [2.24, 2.45) is 11.1 Å². The fourth-order valence-corrected chi connectivity index (χ4v) is 3.87. The summed E-state index contributed by atoms with van der Waals surface area (Å²) >= 11 is 0. The van der Waals surface area contributed by atoms with Crippen LogP contribution in [0.25, 0.3) is 0 Å². The molecule has 1 saturated carbocycles. The number of ether oxygens (including phenoxy) is 1. The van der Waals surface area contributed by atoms with E-state index >= 15 is 0 Å². The summed E-state index contributed by atoms with van der Waals surface area (Å²) in [5, 5.41) is 2.85. The number of amides is 1. The molecular formula is C18H29N3O4S. The Morgan fingerprint density at radius 2 is 2.00 bits per heavy atom. The highest BCUT2D eigenvalue weighted by Crippen LogP contribution is 2.50. The molecule has 0 saturated heterocycles. The van der Waals surface area contributed by atoms with E-state index in [0.717, 1.165) is 0 Å². The van der Waals surface area contributed by atoms with Gasteiger partial charge in [-0.3, -0.25) is 9.52 Å². The highest BCUT2D eigenvalue weighted by Gasteiger charge is 2.62. The Bertz CT molecular complexity index is 792. The van der Waals surface area contributed by atoms with E-state index in [9.17, 15) is 13.2 Å². The van der Waals surface area contributed by atoms with Crippen LogP contribution in [-0.4, -0.2) is 38.3 Å². The maximum Gasteiger partial charge on any atom is 0.245 e. The summed E-state index contributed by atoms with van der Waals surface area (Å²) in [6, 6.07) is 5.02. The van der Waals surface area contributed by atoms with Crippen molar-refractivity contribution in [3.63, 3.8) is 0 Å². The van der Waals surface area contributed by atoms with Crippen molar-refractivity contribution in [2.75, 3.05) is 22.4 Å². The van der Waals surface area contributed by atoms with Crippen molar-refractivity contribution in [1.82, 2.24) is 0 Å². The van der Waals surface area contributed by atoms with Gasteiger partial charge in [-0.2, -0.15) is 0 Å². The molecule has 2 rings (SSSR count). The average molecular weight is 384 g/mol. The number of nitrogens with two attached hydrogens (primary N) is 1. The second-order valence-electron chi connectivity index (χ2n) is 7.33. The number of nitrogens with one attached hydrogen (secondary N) is 2. The van der Waals surface area contributed by atoms with E-state index in [1.807, 2.05) is 20.8 Å². The fraction of sp³-hybridized carbons (Fsp3) is 0.611. The van der Waals surface area contributed by atoms with E-state index < -0.39 is 21.0 Å². The van der Waals surface area contributed by atoms with Gasteiger partial charge in [0, 0.05) is 24.1 Å². The molecule has 1 fully saturated rings. The molecule has 146 valence electrons. The van der Waals surface area contributed by atoms with Crippen molar-refractivity contribution in [3.8, 4) is 0 Å². The smallest absolute Gasteiger partial charge is 0.245 e. The van der Waals surface area contributed by atoms with Gasteiger partial charge >= 0.3 is 0 Å². The SMILES string of the molecule is CCOC1CC(N)(C(=O)Nc2ccc(NS(=O)(=O)CC)c(C)c2)C1(C)C. The van der Waals surface area contributed by atoms with E-state index in [2.05, 4.69) is 10.0 Å². The normalized spacial score (nSPS) is 24.6. The van der Waals surface area contributed by atoms with Gasteiger partial charge in [0.15, 0.2) is 0 Å². The minimum atomic E-state index is -3.35. The maximum atomic E-state index is 12.8. The minimum absolute atomic E-state index is 0.00327. The Hall–Kier alpha value is -1.64. The van der Waals surface area contributed by atoms with Gasteiger partial charge in [0.05, 0.1) is 17.5 Å². The molecule has 0 aliphatic heterocycles. The standard InChI is InChI=1S/C18H29N3O4S/c1-6-25-15-11-18(19,17(15,4)5)16(22)20-13-8-9-14(12(3)10-13)21-26(23,24)7-2/h8-10,15,21H,6-7,11,19H2,1-5H3,(H,20,22). The largest absolute Gasteiger partial charge is 0.378 e. The molecule has 1 aromatic carbocycles. The van der Waals surface area contributed by atoms with E-state index in [4.69, 9.17) is 10.5 Å². The zero-order valence-electron chi connectivity index (χ0n) is 16.0. The molecule has 4 N–H and O–H groups in total. The molecular weight excluding hydrogens is 354 g/mol. The predicted octanol–water partition coefficient (Wildman–Crippen LogP) is 2.23. The summed E-state index contributed by atoms with van der Waals surface area (Å²) in [6.45, 7) is 9.72. The molecule has 1 aliphatic carbocycles. The molecule has 0 spiro atoms. The van der Waals surface area contributed by atoms with Gasteiger partial charge in [-0.15, -0.1) is 0 Å². The van der Waals surface area contributed by atoms with Crippen molar-refractivity contribution in [1.29, 1.82) is 0 Å². The highest BCUT2D eigenvalue weighted by molar-refractivity contribution is 7.92. The lowest BCUT2D eigenvalue weighted by Crippen LogP contribution is -2.74. The molecule has 1 aromatic rings. The summed E-state index contributed by atoms with van der Waals surface area (Å²) in [5.74, 6) is -0.267. The van der Waals surface area contributed by atoms with Crippen LogP contribution in [0.1, 0.15) is 39.7 Å². The second kappa shape index (κ2) is 7.17. The summed E-state index contributed by atoms with van der Waals surface area (Å²) in [4.78, 5) is 12.8. The third kappa shape index (κ3) is 3.72. The monoisotopic (exact) mass is 383 g/mol. The Balaban J connectivity index is 2.12. The zero-order chi connectivity index (χ0) is 19.8. The van der Waals surface area contributed by atoms with E-state index in [-0.39, 0.29) is 17.8 Å². The number of hydrogen-bond acceptors (Lipinski definition) is 5. The van der Waals surface area contributed by atoms with Crippen LogP contribution >= 0.6 is 0 Å². The van der Waals surface area contributed by atoms with Gasteiger partial charge in [0.1, 0.15) is 5.54 Å². The van der Waals surface area contributed by atoms with Gasteiger partial charge < -0.3 is 15.8 Å². The van der Waals surface area contributed by atoms with Crippen LogP contribution in [0, 0.1) is 12.3 Å². The Labute approximate surface area is 155 Å². The Morgan fingerprint density at radius 1 is 1.35 bits per heavy atom. The van der Waals surface area contributed by atoms with Crippen molar-refractivity contribution in [2.45, 2.75) is 52.7 Å². The topological polar surface area (TPSA) is 111 Å². The van der Waals surface area contributed by atoms with Crippen LogP contribution in [0.2, 0.25) is 0 Å². The summed E-state index contributed by atoms with van der Waals surface area (Å²) in [6.07, 6.45) is 0.420. The minimum Gasteiger partial charge on any atom is -0.378 e. The predicted molar refractivity (Wildman–Crippen MR) is 104 cm³/mol. The summed E-state index contributed by atoms with van der Waals surface area (Å²) in [7, 11) is -3.35. The highest BCUT2D eigenvalue weighted by atomic mass is 32.2. The summed E-state index contributed by atoms with van der Waals surface area (Å²) in [5.41, 5.74) is 6.68. The van der Waals surface area contributed by atoms with Crippen LogP contribution < -0.4 is 15.8 Å². The Kier molecular flexibility index (Phi) is 5.70. The van der Waals surface area contributed by atoms with Gasteiger partial charge in [-0.1, -0.05) is 13.8 Å². The van der Waals surface area contributed by atoms with Gasteiger partial charge in [0.25, 0.3) is 0 Å². The first-order valence-electron chi connectivity index (χ1n) is 8.80. The number of aryl methyl sites for hydroxylation is 1. The van der Waals surface area contributed by atoms with Crippen LogP contribution in [-0.2, 0) is 19.6 Å². The number of carbonyl (C=O) groups excluding carboxylic acids is 1. The first-order chi connectivity index (χ1) is 12.0. The van der Waals surface area contributed by atoms with Gasteiger partial charge in [-0.25, -0.2) is 8.42 Å². The number of rotatable bonds is 7. The third-order valence-electron chi connectivity index (χ3n) is 5.36. The van der Waals surface area contributed by atoms with Gasteiger partial charge in [0.2, 0.25) is 15.9 Å². The molecule has 0 heterocycles. The van der Waals surface area contributed by atoms with E-state index in [1.54, 1.807) is 32.0 Å². The van der Waals surface area contributed by atoms with Crippen LogP contribution in [0.4, 0.5) is 11.4 Å². The average Bonchev–Trinajstić information content (AvgIpc) is 2.56. The molecule has 7 nitrogen and oxygen atoms in total. The molecule has 2 atom stereocenters. The molecule has 1 aliphatic rings. The number of hydrogen-bond donors (Lipinski definition) is 3. The van der Waals surface area contributed by atoms with Crippen LogP contribution in [0.15, 0.2) is 18.2 Å². The lowest BCUT2D eigenvalue weighted by atomic mass is 9.54. The zero-order valence-corrected chi connectivity index (χ0v) is 16.9. The quantitative estimate of drug-likeness (QED) is 0.669. The number of carbonyl (C=O) groups is 1. The van der Waals surface area contributed by atoms with Gasteiger partial charge in [-0.05, 0) is 44.5 Å². The summed E-state index contributed by atoms with van der Waals surface area (Å²) < 4.78 is 31.6. The second-order valence-corrected chi connectivity index (χ2v) is 9.34. The molecule has 8 heteroatoms. The number of benzene rings is 1. The lowest BCUT2D eigenvalue weighted by Gasteiger charge is -2.57. The number of sulfonamides is 1. The first-order valence-corrected chi connectivity index (χ1v) is 10.4. The first kappa shape index (κ1) is 20.7. The lowest BCUT2D eigenvalue weighted by molar-refractivity contribution is -0.166. The molecule has 26 heavy (non-hydrogen) atoms. The maximum absolute atomic E-state index is 12.8. The van der Waals surface area contributed by atoms with Crippen molar-refractivity contribution >= 4 is 27.3 Å². The van der Waals surface area contributed by atoms with E-state index in [1.165, 1.54) is 0 Å². The number of anilines is 2. The molecule has 0 bridgehead atoms. The molecule has 0 radical (unpaired) electrons. The van der Waals surface area contributed by atoms with Crippen molar-refractivity contribution < 1.29 is 17.9 Å².